The maximum atomic E-state index is 11.4. The van der Waals surface area contributed by atoms with Crippen molar-refractivity contribution in [2.45, 2.75) is 26.2 Å². The number of nitrogens with one attached hydrogen (secondary N) is 2. The quantitative estimate of drug-likeness (QED) is 0.549. The van der Waals surface area contributed by atoms with Crippen LogP contribution in [-0.2, 0) is 16.0 Å². The number of rotatable bonds is 7. The van der Waals surface area contributed by atoms with Crippen molar-refractivity contribution < 1.29 is 9.59 Å². The van der Waals surface area contributed by atoms with Crippen molar-refractivity contribution in [2.75, 3.05) is 6.54 Å². The summed E-state index contributed by atoms with van der Waals surface area (Å²) in [5, 5.41) is 15.9. The van der Waals surface area contributed by atoms with Crippen molar-refractivity contribution >= 4 is 11.8 Å². The van der Waals surface area contributed by atoms with Gasteiger partial charge in [-0.05, 0) is 6.42 Å². The number of tetrazole rings is 1. The summed E-state index contributed by atoms with van der Waals surface area (Å²) in [6, 6.07) is 0. The molecule has 2 amide bonds. The normalized spacial score (nSPS) is 12.1. The number of aromatic nitrogens is 4. The number of primary amides is 1. The van der Waals surface area contributed by atoms with Gasteiger partial charge in [-0.3, -0.25) is 9.59 Å². The third-order valence-electron chi connectivity index (χ3n) is 2.35. The number of aromatic amines is 1. The van der Waals surface area contributed by atoms with E-state index >= 15 is 0 Å². The van der Waals surface area contributed by atoms with Crippen molar-refractivity contribution in [3.63, 3.8) is 0 Å². The van der Waals surface area contributed by atoms with Crippen LogP contribution in [0.1, 0.15) is 25.6 Å². The van der Waals surface area contributed by atoms with Gasteiger partial charge in [0.25, 0.3) is 0 Å². The Morgan fingerprint density at radius 2 is 2.29 bits per heavy atom. The van der Waals surface area contributed by atoms with E-state index in [2.05, 4.69) is 25.9 Å². The largest absolute Gasteiger partial charge is 0.369 e. The van der Waals surface area contributed by atoms with Crippen LogP contribution < -0.4 is 11.1 Å². The van der Waals surface area contributed by atoms with E-state index in [-0.39, 0.29) is 24.2 Å². The molecule has 8 heteroatoms. The second kappa shape index (κ2) is 6.56. The summed E-state index contributed by atoms with van der Waals surface area (Å²) in [6.45, 7) is 2.15. The molecule has 1 atom stereocenters. The van der Waals surface area contributed by atoms with Gasteiger partial charge in [-0.25, -0.2) is 0 Å². The molecular formula is C9H16N6O2. The van der Waals surface area contributed by atoms with E-state index < -0.39 is 0 Å². The zero-order valence-corrected chi connectivity index (χ0v) is 9.64. The van der Waals surface area contributed by atoms with Crippen LogP contribution in [0.2, 0.25) is 0 Å². The molecule has 0 unspecified atom stereocenters. The molecular weight excluding hydrogens is 224 g/mol. The molecule has 0 saturated carbocycles. The van der Waals surface area contributed by atoms with Crippen molar-refractivity contribution in [3.05, 3.63) is 5.82 Å². The highest BCUT2D eigenvalue weighted by Gasteiger charge is 2.11. The molecule has 1 aromatic heterocycles. The summed E-state index contributed by atoms with van der Waals surface area (Å²) < 4.78 is 0. The fourth-order valence-corrected chi connectivity index (χ4v) is 1.18. The number of hydrogen-bond acceptors (Lipinski definition) is 5. The monoisotopic (exact) mass is 240 g/mol. The van der Waals surface area contributed by atoms with Crippen LogP contribution in [-0.4, -0.2) is 39.0 Å². The van der Waals surface area contributed by atoms with E-state index in [1.54, 1.807) is 6.92 Å². The Morgan fingerprint density at radius 1 is 1.53 bits per heavy atom. The van der Waals surface area contributed by atoms with Crippen LogP contribution in [0.25, 0.3) is 0 Å². The number of amides is 2. The molecule has 1 heterocycles. The van der Waals surface area contributed by atoms with Crippen LogP contribution in [0.15, 0.2) is 0 Å². The first kappa shape index (κ1) is 13.1. The third kappa shape index (κ3) is 5.05. The second-order valence-electron chi connectivity index (χ2n) is 3.77. The van der Waals surface area contributed by atoms with Crippen LogP contribution in [0.4, 0.5) is 0 Å². The maximum absolute atomic E-state index is 11.4. The van der Waals surface area contributed by atoms with Gasteiger partial charge in [0.05, 0.1) is 0 Å². The molecule has 0 aliphatic carbocycles. The van der Waals surface area contributed by atoms with E-state index in [0.29, 0.717) is 25.2 Å². The average Bonchev–Trinajstić information content (AvgIpc) is 2.78. The topological polar surface area (TPSA) is 127 Å². The fraction of sp³-hybridized carbons (Fsp3) is 0.667. The Morgan fingerprint density at radius 3 is 2.88 bits per heavy atom. The highest BCUT2D eigenvalue weighted by molar-refractivity contribution is 5.79. The number of carbonyl (C=O) groups excluding carboxylic acids is 2. The van der Waals surface area contributed by atoms with Crippen molar-refractivity contribution in [2.24, 2.45) is 11.7 Å². The maximum Gasteiger partial charge on any atom is 0.220 e. The summed E-state index contributed by atoms with van der Waals surface area (Å²) in [6.07, 6.45) is 1.27. The molecule has 17 heavy (non-hydrogen) atoms. The minimum atomic E-state index is -0.385. The van der Waals surface area contributed by atoms with Crippen LogP contribution in [0, 0.1) is 5.92 Å². The molecule has 1 aromatic rings. The van der Waals surface area contributed by atoms with Crippen molar-refractivity contribution in [1.82, 2.24) is 25.9 Å². The lowest BCUT2D eigenvalue weighted by Crippen LogP contribution is -2.28. The van der Waals surface area contributed by atoms with E-state index in [0.717, 1.165) is 0 Å². The van der Waals surface area contributed by atoms with Crippen molar-refractivity contribution in [1.29, 1.82) is 0 Å². The van der Waals surface area contributed by atoms with E-state index in [9.17, 15) is 9.59 Å². The molecule has 0 fully saturated rings. The van der Waals surface area contributed by atoms with Gasteiger partial charge in [-0.2, -0.15) is 5.21 Å². The van der Waals surface area contributed by atoms with Crippen molar-refractivity contribution in [3.8, 4) is 0 Å². The standard InChI is InChI=1S/C9H16N6O2/c1-6(9(10)17)2-3-8(16)11-5-4-7-12-14-15-13-7/h6H,2-5H2,1H3,(H2,10,17)(H,11,16)(H,12,13,14,15)/t6-/m0/s1. The highest BCUT2D eigenvalue weighted by Crippen LogP contribution is 2.03. The molecule has 0 bridgehead atoms. The lowest BCUT2D eigenvalue weighted by atomic mass is 10.1. The van der Waals surface area contributed by atoms with Crippen LogP contribution in [0.5, 0.6) is 0 Å². The van der Waals surface area contributed by atoms with E-state index in [1.165, 1.54) is 0 Å². The predicted molar refractivity (Wildman–Crippen MR) is 58.5 cm³/mol. The molecule has 0 spiro atoms. The Balaban J connectivity index is 2.11. The van der Waals surface area contributed by atoms with Gasteiger partial charge in [-0.1, -0.05) is 12.1 Å². The smallest absolute Gasteiger partial charge is 0.220 e. The Hall–Kier alpha value is -1.99. The van der Waals surface area contributed by atoms with Gasteiger partial charge < -0.3 is 11.1 Å². The first-order valence-corrected chi connectivity index (χ1v) is 5.38. The number of nitrogens with zero attached hydrogens (tertiary/aromatic N) is 3. The second-order valence-corrected chi connectivity index (χ2v) is 3.77. The molecule has 4 N–H and O–H groups in total. The molecule has 94 valence electrons. The molecule has 8 nitrogen and oxygen atoms in total. The Kier molecular flexibility index (Phi) is 5.05. The van der Waals surface area contributed by atoms with E-state index in [4.69, 9.17) is 5.73 Å². The summed E-state index contributed by atoms with van der Waals surface area (Å²) in [4.78, 5) is 22.1. The number of H-pyrrole nitrogens is 1. The molecule has 0 aromatic carbocycles. The van der Waals surface area contributed by atoms with Gasteiger partial charge in [-0.15, -0.1) is 10.2 Å². The van der Waals surface area contributed by atoms with Gasteiger partial charge in [0.1, 0.15) is 0 Å². The molecule has 0 aliphatic rings. The predicted octanol–water partition coefficient (Wildman–Crippen LogP) is -1.24. The minimum absolute atomic E-state index is 0.110. The lowest BCUT2D eigenvalue weighted by molar-refractivity contribution is -0.123. The third-order valence-corrected chi connectivity index (χ3v) is 2.35. The Bertz CT molecular complexity index is 364. The van der Waals surface area contributed by atoms with E-state index in [1.807, 2.05) is 0 Å². The first-order valence-electron chi connectivity index (χ1n) is 5.38. The molecule has 0 saturated heterocycles. The van der Waals surface area contributed by atoms with Gasteiger partial charge >= 0.3 is 0 Å². The average molecular weight is 240 g/mol. The lowest BCUT2D eigenvalue weighted by Gasteiger charge is -2.07. The zero-order chi connectivity index (χ0) is 12.7. The summed E-state index contributed by atoms with van der Waals surface area (Å²) >= 11 is 0. The molecule has 0 radical (unpaired) electrons. The summed E-state index contributed by atoms with van der Waals surface area (Å²) in [5.41, 5.74) is 5.09. The Labute approximate surface area is 98.3 Å². The summed E-state index contributed by atoms with van der Waals surface area (Å²) in [7, 11) is 0. The fourth-order valence-electron chi connectivity index (χ4n) is 1.18. The van der Waals surface area contributed by atoms with Crippen LogP contribution in [0.3, 0.4) is 0 Å². The molecule has 0 aliphatic heterocycles. The molecule has 1 rings (SSSR count). The first-order chi connectivity index (χ1) is 8.09. The van der Waals surface area contributed by atoms with Crippen LogP contribution >= 0.6 is 0 Å². The number of carbonyl (C=O) groups is 2. The summed E-state index contributed by atoms with van der Waals surface area (Å²) in [5.74, 6) is -0.222. The zero-order valence-electron chi connectivity index (χ0n) is 9.64. The number of nitrogens with two attached hydrogens (primary N) is 1. The van der Waals surface area contributed by atoms with Gasteiger partial charge in [0.2, 0.25) is 11.8 Å². The van der Waals surface area contributed by atoms with Gasteiger partial charge in [0, 0.05) is 25.3 Å². The van der Waals surface area contributed by atoms with Gasteiger partial charge in [0.15, 0.2) is 5.82 Å². The minimum Gasteiger partial charge on any atom is -0.369 e. The highest BCUT2D eigenvalue weighted by atomic mass is 16.2. The number of hydrogen-bond donors (Lipinski definition) is 3. The SMILES string of the molecule is C[C@@H](CCC(=O)NCCc1nn[nH]n1)C(N)=O.